The Morgan fingerprint density at radius 3 is 2.31 bits per heavy atom. The first-order valence-electron chi connectivity index (χ1n) is 11.3. The zero-order chi connectivity index (χ0) is 20.4. The van der Waals surface area contributed by atoms with E-state index in [0.717, 1.165) is 24.8 Å². The summed E-state index contributed by atoms with van der Waals surface area (Å²) in [4.78, 5) is 29.6. The van der Waals surface area contributed by atoms with Crippen LogP contribution < -0.4 is 0 Å². The van der Waals surface area contributed by atoms with Crippen LogP contribution in [0.2, 0.25) is 0 Å². The summed E-state index contributed by atoms with van der Waals surface area (Å²) in [5, 5.41) is 0. The van der Waals surface area contributed by atoms with Crippen molar-refractivity contribution in [1.29, 1.82) is 0 Å². The van der Waals surface area contributed by atoms with Gasteiger partial charge in [-0.15, -0.1) is 0 Å². The molecule has 1 aliphatic carbocycles. The van der Waals surface area contributed by atoms with E-state index in [2.05, 4.69) is 18.2 Å². The van der Waals surface area contributed by atoms with Crippen LogP contribution in [-0.4, -0.2) is 60.0 Å². The van der Waals surface area contributed by atoms with Gasteiger partial charge in [0.05, 0.1) is 18.6 Å². The van der Waals surface area contributed by atoms with Gasteiger partial charge in [0, 0.05) is 32.1 Å². The SMILES string of the molecule is C[C@@H]1CN(C(=O)C2CCN(C(=O)Cc3ccc4c(c3)CCCC4)CC2)C[C@@H](C)O1. The van der Waals surface area contributed by atoms with Gasteiger partial charge in [-0.3, -0.25) is 9.59 Å². The van der Waals surface area contributed by atoms with Crippen molar-refractivity contribution in [2.75, 3.05) is 26.2 Å². The molecule has 0 N–H and O–H groups in total. The summed E-state index contributed by atoms with van der Waals surface area (Å²) in [6, 6.07) is 6.58. The predicted molar refractivity (Wildman–Crippen MR) is 113 cm³/mol. The molecule has 0 unspecified atom stereocenters. The van der Waals surface area contributed by atoms with E-state index in [-0.39, 0.29) is 29.9 Å². The van der Waals surface area contributed by atoms with Gasteiger partial charge < -0.3 is 14.5 Å². The molecule has 2 saturated heterocycles. The molecule has 2 atom stereocenters. The number of benzene rings is 1. The van der Waals surface area contributed by atoms with Crippen molar-refractivity contribution >= 4 is 11.8 Å². The maximum atomic E-state index is 12.9. The van der Waals surface area contributed by atoms with Crippen molar-refractivity contribution < 1.29 is 14.3 Å². The smallest absolute Gasteiger partial charge is 0.226 e. The minimum atomic E-state index is 0.0419. The fourth-order valence-corrected chi connectivity index (χ4v) is 5.18. The number of carbonyl (C=O) groups is 2. The Hall–Kier alpha value is -1.88. The average Bonchev–Trinajstić information content (AvgIpc) is 2.72. The van der Waals surface area contributed by atoms with Crippen LogP contribution in [0.25, 0.3) is 0 Å². The molecule has 5 nitrogen and oxygen atoms in total. The quantitative estimate of drug-likeness (QED) is 0.787. The minimum Gasteiger partial charge on any atom is -0.372 e. The van der Waals surface area contributed by atoms with Crippen LogP contribution in [0.15, 0.2) is 18.2 Å². The fraction of sp³-hybridized carbons (Fsp3) is 0.667. The lowest BCUT2D eigenvalue weighted by Crippen LogP contribution is -2.51. The van der Waals surface area contributed by atoms with E-state index in [0.29, 0.717) is 32.6 Å². The fourth-order valence-electron chi connectivity index (χ4n) is 5.18. The lowest BCUT2D eigenvalue weighted by molar-refractivity contribution is -0.150. The van der Waals surface area contributed by atoms with Crippen molar-refractivity contribution in [3.05, 3.63) is 34.9 Å². The number of carbonyl (C=O) groups excluding carboxylic acids is 2. The van der Waals surface area contributed by atoms with E-state index in [1.165, 1.54) is 30.4 Å². The van der Waals surface area contributed by atoms with E-state index >= 15 is 0 Å². The summed E-state index contributed by atoms with van der Waals surface area (Å²) in [6.07, 6.45) is 7.07. The molecule has 0 saturated carbocycles. The number of piperidine rings is 1. The Kier molecular flexibility index (Phi) is 6.23. The molecule has 2 aliphatic heterocycles. The van der Waals surface area contributed by atoms with Gasteiger partial charge in [0.2, 0.25) is 11.8 Å². The normalized spacial score (nSPS) is 25.6. The van der Waals surface area contributed by atoms with Gasteiger partial charge in [-0.2, -0.15) is 0 Å². The molecule has 2 amide bonds. The summed E-state index contributed by atoms with van der Waals surface area (Å²) in [5.41, 5.74) is 4.02. The molecule has 0 radical (unpaired) electrons. The minimum absolute atomic E-state index is 0.0419. The van der Waals surface area contributed by atoms with Gasteiger partial charge in [-0.1, -0.05) is 18.2 Å². The van der Waals surface area contributed by atoms with Crippen molar-refractivity contribution in [2.24, 2.45) is 5.92 Å². The second-order valence-corrected chi connectivity index (χ2v) is 9.14. The number of hydrogen-bond acceptors (Lipinski definition) is 3. The number of nitrogens with zero attached hydrogens (tertiary/aromatic N) is 2. The molecule has 29 heavy (non-hydrogen) atoms. The maximum absolute atomic E-state index is 12.9. The van der Waals surface area contributed by atoms with Crippen molar-refractivity contribution in [3.63, 3.8) is 0 Å². The summed E-state index contributed by atoms with van der Waals surface area (Å²) >= 11 is 0. The first-order valence-corrected chi connectivity index (χ1v) is 11.3. The third kappa shape index (κ3) is 4.82. The van der Waals surface area contributed by atoms with Crippen LogP contribution in [0, 0.1) is 5.92 Å². The third-order valence-corrected chi connectivity index (χ3v) is 6.70. The Morgan fingerprint density at radius 2 is 1.62 bits per heavy atom. The lowest BCUT2D eigenvalue weighted by atomic mass is 9.89. The number of fused-ring (bicyclic) bond motifs is 1. The highest BCUT2D eigenvalue weighted by atomic mass is 16.5. The molecule has 0 aromatic heterocycles. The number of hydrogen-bond donors (Lipinski definition) is 0. The first-order chi connectivity index (χ1) is 14.0. The predicted octanol–water partition coefficient (Wildman–Crippen LogP) is 2.98. The molecule has 3 aliphatic rings. The second-order valence-electron chi connectivity index (χ2n) is 9.14. The van der Waals surface area contributed by atoms with Gasteiger partial charge in [-0.25, -0.2) is 0 Å². The molecule has 4 rings (SSSR count). The first kappa shape index (κ1) is 20.4. The summed E-state index contributed by atoms with van der Waals surface area (Å²) < 4.78 is 5.75. The number of aryl methyl sites for hydroxylation is 2. The Morgan fingerprint density at radius 1 is 0.966 bits per heavy atom. The Bertz CT molecular complexity index is 744. The largest absolute Gasteiger partial charge is 0.372 e. The topological polar surface area (TPSA) is 49.9 Å². The van der Waals surface area contributed by atoms with Crippen LogP contribution >= 0.6 is 0 Å². The van der Waals surface area contributed by atoms with E-state index in [4.69, 9.17) is 4.74 Å². The van der Waals surface area contributed by atoms with Gasteiger partial charge in [0.25, 0.3) is 0 Å². The van der Waals surface area contributed by atoms with Crippen LogP contribution in [0.3, 0.4) is 0 Å². The highest BCUT2D eigenvalue weighted by molar-refractivity contribution is 5.81. The lowest BCUT2D eigenvalue weighted by Gasteiger charge is -2.39. The van der Waals surface area contributed by atoms with Crippen LogP contribution in [0.1, 0.15) is 56.2 Å². The summed E-state index contributed by atoms with van der Waals surface area (Å²) in [7, 11) is 0. The number of rotatable bonds is 3. The zero-order valence-electron chi connectivity index (χ0n) is 17.9. The van der Waals surface area contributed by atoms with Crippen LogP contribution in [-0.2, 0) is 33.6 Å². The highest BCUT2D eigenvalue weighted by Gasteiger charge is 2.33. The van der Waals surface area contributed by atoms with Gasteiger partial charge in [0.15, 0.2) is 0 Å². The summed E-state index contributed by atoms with van der Waals surface area (Å²) in [6.45, 7) is 6.79. The highest BCUT2D eigenvalue weighted by Crippen LogP contribution is 2.25. The molecule has 5 heteroatoms. The van der Waals surface area contributed by atoms with Gasteiger partial charge >= 0.3 is 0 Å². The third-order valence-electron chi connectivity index (χ3n) is 6.70. The molecule has 158 valence electrons. The van der Waals surface area contributed by atoms with E-state index in [1.54, 1.807) is 0 Å². The molecule has 2 heterocycles. The molecule has 2 fully saturated rings. The molecular weight excluding hydrogens is 364 g/mol. The van der Waals surface area contributed by atoms with E-state index in [9.17, 15) is 9.59 Å². The second kappa shape index (κ2) is 8.86. The van der Waals surface area contributed by atoms with Crippen molar-refractivity contribution in [2.45, 2.75) is 71.0 Å². The van der Waals surface area contributed by atoms with Crippen molar-refractivity contribution in [1.82, 2.24) is 9.80 Å². The monoisotopic (exact) mass is 398 g/mol. The average molecular weight is 399 g/mol. The van der Waals surface area contributed by atoms with Crippen molar-refractivity contribution in [3.8, 4) is 0 Å². The zero-order valence-corrected chi connectivity index (χ0v) is 17.9. The molecular formula is C24H34N2O3. The number of likely N-dealkylation sites (tertiary alicyclic amines) is 1. The number of morpholine rings is 1. The van der Waals surface area contributed by atoms with Crippen LogP contribution in [0.5, 0.6) is 0 Å². The van der Waals surface area contributed by atoms with Gasteiger partial charge in [-0.05, 0) is 69.1 Å². The molecule has 1 aromatic rings. The summed E-state index contributed by atoms with van der Waals surface area (Å²) in [5.74, 6) is 0.481. The number of ether oxygens (including phenoxy) is 1. The van der Waals surface area contributed by atoms with E-state index in [1.807, 2.05) is 23.6 Å². The van der Waals surface area contributed by atoms with Crippen LogP contribution in [0.4, 0.5) is 0 Å². The van der Waals surface area contributed by atoms with Gasteiger partial charge in [0.1, 0.15) is 0 Å². The maximum Gasteiger partial charge on any atom is 0.226 e. The number of amides is 2. The van der Waals surface area contributed by atoms with E-state index < -0.39 is 0 Å². The molecule has 0 bridgehead atoms. The standard InChI is InChI=1S/C24H34N2O3/c1-17-15-26(16-18(2)29-17)24(28)21-9-11-25(12-10-21)23(27)14-19-7-8-20-5-3-4-6-22(20)13-19/h7-8,13,17-18,21H,3-6,9-12,14-16H2,1-2H3/t17-,18-/m1/s1. The Balaban J connectivity index is 1.29. The molecule has 0 spiro atoms. The Labute approximate surface area is 174 Å². The molecule has 1 aromatic carbocycles.